The van der Waals surface area contributed by atoms with Gasteiger partial charge in [0.2, 0.25) is 5.91 Å². The van der Waals surface area contributed by atoms with Crippen molar-refractivity contribution in [2.24, 2.45) is 0 Å². The molecule has 2 aromatic rings. The standard InChI is InChI=1S/C20H20ClF3N4O2/c1-13(29)25-15-5-6-18(17(12-15)20(22,23)24)26-19(30)28-9-7-27(8-10-28)16-4-2-3-14(21)11-16/h2-6,11-12H,7-10H2,1H3,(H,25,29)(H,26,30). The minimum Gasteiger partial charge on any atom is -0.368 e. The zero-order chi connectivity index (χ0) is 21.9. The van der Waals surface area contributed by atoms with Crippen molar-refractivity contribution in [3.05, 3.63) is 53.1 Å². The molecule has 0 atom stereocenters. The highest BCUT2D eigenvalue weighted by Crippen LogP contribution is 2.36. The van der Waals surface area contributed by atoms with Gasteiger partial charge in [0, 0.05) is 49.5 Å². The maximum Gasteiger partial charge on any atom is 0.418 e. The Kier molecular flexibility index (Phi) is 6.40. The van der Waals surface area contributed by atoms with Crippen LogP contribution in [-0.4, -0.2) is 43.0 Å². The minimum absolute atomic E-state index is 0.00274. The van der Waals surface area contributed by atoms with Crippen molar-refractivity contribution < 1.29 is 22.8 Å². The lowest BCUT2D eigenvalue weighted by Crippen LogP contribution is -2.50. The molecule has 1 aliphatic rings. The van der Waals surface area contributed by atoms with Crippen LogP contribution in [0.15, 0.2) is 42.5 Å². The van der Waals surface area contributed by atoms with Gasteiger partial charge >= 0.3 is 12.2 Å². The summed E-state index contributed by atoms with van der Waals surface area (Å²) in [5.41, 5.74) is -0.461. The molecule has 1 heterocycles. The summed E-state index contributed by atoms with van der Waals surface area (Å²) in [6.45, 7) is 2.96. The first kappa shape index (κ1) is 21.8. The summed E-state index contributed by atoms with van der Waals surface area (Å²) in [5.74, 6) is -0.488. The Hall–Kier alpha value is -2.94. The van der Waals surface area contributed by atoms with Crippen molar-refractivity contribution in [1.29, 1.82) is 0 Å². The van der Waals surface area contributed by atoms with Gasteiger partial charge < -0.3 is 20.4 Å². The Morgan fingerprint density at radius 2 is 1.70 bits per heavy atom. The van der Waals surface area contributed by atoms with Gasteiger partial charge in [-0.3, -0.25) is 4.79 Å². The zero-order valence-electron chi connectivity index (χ0n) is 16.1. The summed E-state index contributed by atoms with van der Waals surface area (Å²) in [6, 6.07) is 9.96. The number of carbonyl (C=O) groups excluding carboxylic acids is 2. The number of nitrogens with one attached hydrogen (secondary N) is 2. The summed E-state index contributed by atoms with van der Waals surface area (Å²) in [6.07, 6.45) is -4.69. The third kappa shape index (κ3) is 5.35. The van der Waals surface area contributed by atoms with Gasteiger partial charge in [-0.05, 0) is 36.4 Å². The van der Waals surface area contributed by atoms with E-state index in [1.807, 2.05) is 18.2 Å². The molecule has 1 fully saturated rings. The molecule has 1 aliphatic heterocycles. The number of alkyl halides is 3. The first-order valence-electron chi connectivity index (χ1n) is 9.19. The monoisotopic (exact) mass is 440 g/mol. The molecule has 0 bridgehead atoms. The van der Waals surface area contributed by atoms with E-state index >= 15 is 0 Å². The van der Waals surface area contributed by atoms with Crippen molar-refractivity contribution in [1.82, 2.24) is 4.90 Å². The molecule has 3 rings (SSSR count). The van der Waals surface area contributed by atoms with Crippen LogP contribution in [0.25, 0.3) is 0 Å². The Morgan fingerprint density at radius 1 is 1.00 bits per heavy atom. The molecule has 6 nitrogen and oxygen atoms in total. The van der Waals surface area contributed by atoms with E-state index in [4.69, 9.17) is 11.6 Å². The van der Waals surface area contributed by atoms with E-state index in [0.717, 1.165) is 17.8 Å². The average molecular weight is 441 g/mol. The molecule has 0 spiro atoms. The molecule has 0 radical (unpaired) electrons. The van der Waals surface area contributed by atoms with Gasteiger partial charge in [0.15, 0.2) is 0 Å². The van der Waals surface area contributed by atoms with E-state index in [1.165, 1.54) is 17.9 Å². The van der Waals surface area contributed by atoms with Crippen LogP contribution in [0.5, 0.6) is 0 Å². The first-order chi connectivity index (χ1) is 14.1. The average Bonchev–Trinajstić information content (AvgIpc) is 2.68. The number of nitrogens with zero attached hydrogens (tertiary/aromatic N) is 2. The molecular weight excluding hydrogens is 421 g/mol. The van der Waals surface area contributed by atoms with E-state index in [0.29, 0.717) is 31.2 Å². The highest BCUT2D eigenvalue weighted by atomic mass is 35.5. The second-order valence-corrected chi connectivity index (χ2v) is 7.26. The molecule has 160 valence electrons. The number of urea groups is 1. The summed E-state index contributed by atoms with van der Waals surface area (Å²) in [7, 11) is 0. The van der Waals surface area contributed by atoms with E-state index in [2.05, 4.69) is 15.5 Å². The molecular formula is C20H20ClF3N4O2. The molecule has 0 unspecified atom stereocenters. The lowest BCUT2D eigenvalue weighted by Gasteiger charge is -2.36. The fourth-order valence-electron chi connectivity index (χ4n) is 3.20. The fraction of sp³-hybridized carbons (Fsp3) is 0.300. The molecule has 10 heteroatoms. The Labute approximate surface area is 176 Å². The minimum atomic E-state index is -4.69. The number of rotatable bonds is 3. The molecule has 2 aromatic carbocycles. The first-order valence-corrected chi connectivity index (χ1v) is 9.56. The highest BCUT2D eigenvalue weighted by molar-refractivity contribution is 6.30. The second-order valence-electron chi connectivity index (χ2n) is 6.82. The van der Waals surface area contributed by atoms with Crippen LogP contribution in [0.4, 0.5) is 35.0 Å². The van der Waals surface area contributed by atoms with E-state index in [-0.39, 0.29) is 11.4 Å². The van der Waals surface area contributed by atoms with Crippen molar-refractivity contribution in [3.63, 3.8) is 0 Å². The van der Waals surface area contributed by atoms with Gasteiger partial charge in [-0.25, -0.2) is 4.79 Å². The topological polar surface area (TPSA) is 64.7 Å². The van der Waals surface area contributed by atoms with Crippen LogP contribution in [0.3, 0.4) is 0 Å². The van der Waals surface area contributed by atoms with Crippen LogP contribution in [-0.2, 0) is 11.0 Å². The van der Waals surface area contributed by atoms with Gasteiger partial charge in [-0.1, -0.05) is 17.7 Å². The lowest BCUT2D eigenvalue weighted by molar-refractivity contribution is -0.137. The maximum atomic E-state index is 13.4. The van der Waals surface area contributed by atoms with Crippen LogP contribution in [0.2, 0.25) is 5.02 Å². The number of halogens is 4. The normalized spacial score (nSPS) is 14.4. The summed E-state index contributed by atoms with van der Waals surface area (Å²) in [4.78, 5) is 27.2. The summed E-state index contributed by atoms with van der Waals surface area (Å²) in [5, 5.41) is 5.26. The Balaban J connectivity index is 1.68. The van der Waals surface area contributed by atoms with Crippen molar-refractivity contribution in [2.75, 3.05) is 41.7 Å². The number of hydrogen-bond acceptors (Lipinski definition) is 3. The zero-order valence-corrected chi connectivity index (χ0v) is 16.8. The molecule has 1 saturated heterocycles. The van der Waals surface area contributed by atoms with Gasteiger partial charge in [0.1, 0.15) is 0 Å². The predicted octanol–water partition coefficient (Wildman–Crippen LogP) is 4.67. The predicted molar refractivity (Wildman–Crippen MR) is 110 cm³/mol. The number of amides is 3. The van der Waals surface area contributed by atoms with Crippen molar-refractivity contribution in [3.8, 4) is 0 Å². The SMILES string of the molecule is CC(=O)Nc1ccc(NC(=O)N2CCN(c3cccc(Cl)c3)CC2)c(C(F)(F)F)c1. The molecule has 3 amide bonds. The number of carbonyl (C=O) groups is 2. The Morgan fingerprint density at radius 3 is 2.30 bits per heavy atom. The van der Waals surface area contributed by atoms with E-state index < -0.39 is 23.7 Å². The number of benzene rings is 2. The largest absolute Gasteiger partial charge is 0.418 e. The highest BCUT2D eigenvalue weighted by Gasteiger charge is 2.35. The number of anilines is 3. The van der Waals surface area contributed by atoms with Crippen LogP contribution in [0.1, 0.15) is 12.5 Å². The molecule has 30 heavy (non-hydrogen) atoms. The van der Waals surface area contributed by atoms with Gasteiger partial charge in [-0.15, -0.1) is 0 Å². The van der Waals surface area contributed by atoms with Gasteiger partial charge in [-0.2, -0.15) is 13.2 Å². The summed E-state index contributed by atoms with van der Waals surface area (Å²) >= 11 is 6.01. The second kappa shape index (κ2) is 8.83. The fourth-order valence-corrected chi connectivity index (χ4v) is 3.39. The van der Waals surface area contributed by atoms with Crippen molar-refractivity contribution >= 4 is 40.6 Å². The third-order valence-electron chi connectivity index (χ3n) is 4.63. The van der Waals surface area contributed by atoms with Crippen molar-refractivity contribution in [2.45, 2.75) is 13.1 Å². The lowest BCUT2D eigenvalue weighted by atomic mass is 10.1. The number of piperazine rings is 1. The smallest absolute Gasteiger partial charge is 0.368 e. The van der Waals surface area contributed by atoms with Gasteiger partial charge in [0.25, 0.3) is 0 Å². The maximum absolute atomic E-state index is 13.4. The van der Waals surface area contributed by atoms with E-state index in [1.54, 1.807) is 6.07 Å². The molecule has 0 aromatic heterocycles. The quantitative estimate of drug-likeness (QED) is 0.729. The third-order valence-corrected chi connectivity index (χ3v) is 4.86. The van der Waals surface area contributed by atoms with Crippen LogP contribution < -0.4 is 15.5 Å². The molecule has 0 saturated carbocycles. The van der Waals surface area contributed by atoms with Gasteiger partial charge in [0.05, 0.1) is 11.3 Å². The molecule has 0 aliphatic carbocycles. The van der Waals surface area contributed by atoms with Crippen LogP contribution in [0, 0.1) is 0 Å². The number of hydrogen-bond donors (Lipinski definition) is 2. The molecule has 2 N–H and O–H groups in total. The summed E-state index contributed by atoms with van der Waals surface area (Å²) < 4.78 is 40.3. The van der Waals surface area contributed by atoms with E-state index in [9.17, 15) is 22.8 Å². The van der Waals surface area contributed by atoms with Crippen LogP contribution >= 0.6 is 11.6 Å². The Bertz CT molecular complexity index is 944.